The fourth-order valence-electron chi connectivity index (χ4n) is 0.948. The highest BCUT2D eigenvalue weighted by Crippen LogP contribution is 2.22. The molecule has 86 valence electrons. The highest BCUT2D eigenvalue weighted by Gasteiger charge is 2.04. The minimum atomic E-state index is -0.566. The average molecular weight is 263 g/mol. The number of halogens is 2. The van der Waals surface area contributed by atoms with Crippen molar-refractivity contribution in [2.24, 2.45) is 0 Å². The number of hydrogen-bond acceptors (Lipinski definition) is 4. The monoisotopic (exact) mass is 262 g/mol. The van der Waals surface area contributed by atoms with Crippen molar-refractivity contribution in [3.8, 4) is 0 Å². The average Bonchev–Trinajstić information content (AvgIpc) is 2.22. The molecule has 0 radical (unpaired) electrons. The zero-order valence-electron chi connectivity index (χ0n) is 8.24. The van der Waals surface area contributed by atoms with E-state index < -0.39 is 10.7 Å². The van der Waals surface area contributed by atoms with Gasteiger partial charge >= 0.3 is 0 Å². The molecule has 0 unspecified atom stereocenters. The molecule has 0 bridgehead atoms. The molecule has 0 saturated carbocycles. The van der Waals surface area contributed by atoms with Crippen LogP contribution in [-0.2, 0) is 0 Å². The van der Waals surface area contributed by atoms with Gasteiger partial charge in [0.2, 0.25) is 0 Å². The molecule has 0 saturated heterocycles. The first-order chi connectivity index (χ1) is 7.52. The van der Waals surface area contributed by atoms with E-state index in [1.54, 1.807) is 6.26 Å². The van der Waals surface area contributed by atoms with Crippen molar-refractivity contribution in [3.63, 3.8) is 0 Å². The second kappa shape index (κ2) is 5.72. The van der Waals surface area contributed by atoms with Crippen LogP contribution in [0.5, 0.6) is 0 Å². The van der Waals surface area contributed by atoms with Crippen LogP contribution in [0.25, 0.3) is 0 Å². The van der Waals surface area contributed by atoms with E-state index in [4.69, 9.17) is 11.6 Å². The van der Waals surface area contributed by atoms with Crippen molar-refractivity contribution in [2.45, 2.75) is 0 Å². The van der Waals surface area contributed by atoms with E-state index in [-0.39, 0.29) is 5.02 Å². The lowest BCUT2D eigenvalue weighted by atomic mass is 10.3. The summed E-state index contributed by atoms with van der Waals surface area (Å²) >= 11 is 6.75. The van der Waals surface area contributed by atoms with E-state index in [0.29, 0.717) is 10.7 Å². The summed E-state index contributed by atoms with van der Waals surface area (Å²) in [6, 6.07) is 4.00. The summed E-state index contributed by atoms with van der Waals surface area (Å²) in [7, 11) is 0. The Kier molecular flexibility index (Phi) is 4.57. The minimum absolute atomic E-state index is 0.0356. The van der Waals surface area contributed by atoms with Gasteiger partial charge in [0.25, 0.3) is 6.20 Å². The van der Waals surface area contributed by atoms with Gasteiger partial charge in [-0.25, -0.2) is 4.39 Å². The Labute approximate surface area is 101 Å². The van der Waals surface area contributed by atoms with Gasteiger partial charge in [0.1, 0.15) is 10.8 Å². The van der Waals surface area contributed by atoms with Gasteiger partial charge in [-0.2, -0.15) is 0 Å². The summed E-state index contributed by atoms with van der Waals surface area (Å²) in [6.45, 7) is 0. The predicted octanol–water partition coefficient (Wildman–Crippen LogP) is 3.33. The standard InChI is InChI=1S/C9H8ClFN2O2S/c1-16-9(5-13(14)15)12-6-2-3-8(11)7(10)4-6/h2-5,12H,1H3/b9-5-. The van der Waals surface area contributed by atoms with Crippen molar-refractivity contribution in [2.75, 3.05) is 11.6 Å². The number of nitrogens with zero attached hydrogens (tertiary/aromatic N) is 1. The van der Waals surface area contributed by atoms with Crippen molar-refractivity contribution in [3.05, 3.63) is 50.4 Å². The molecule has 0 aliphatic carbocycles. The van der Waals surface area contributed by atoms with Crippen LogP contribution in [0.3, 0.4) is 0 Å². The summed E-state index contributed by atoms with van der Waals surface area (Å²) in [4.78, 5) is 9.70. The quantitative estimate of drug-likeness (QED) is 0.668. The Hall–Kier alpha value is -1.27. The van der Waals surface area contributed by atoms with E-state index in [1.807, 2.05) is 0 Å². The van der Waals surface area contributed by atoms with E-state index >= 15 is 0 Å². The number of nitro groups is 1. The number of nitrogens with one attached hydrogen (secondary N) is 1. The molecule has 0 amide bonds. The first kappa shape index (κ1) is 12.8. The maximum Gasteiger partial charge on any atom is 0.264 e. The second-order valence-electron chi connectivity index (χ2n) is 2.74. The van der Waals surface area contributed by atoms with Gasteiger partial charge in [-0.05, 0) is 24.5 Å². The third-order valence-corrected chi connectivity index (χ3v) is 2.57. The molecule has 0 aliphatic rings. The lowest BCUT2D eigenvalue weighted by molar-refractivity contribution is -0.402. The number of hydrogen-bond donors (Lipinski definition) is 1. The molecule has 0 aromatic heterocycles. The Morgan fingerprint density at radius 1 is 1.69 bits per heavy atom. The van der Waals surface area contributed by atoms with Crippen LogP contribution in [0, 0.1) is 15.9 Å². The highest BCUT2D eigenvalue weighted by molar-refractivity contribution is 8.02. The third-order valence-electron chi connectivity index (χ3n) is 1.63. The Balaban J connectivity index is 2.86. The molecule has 0 atom stereocenters. The topological polar surface area (TPSA) is 55.2 Å². The van der Waals surface area contributed by atoms with Gasteiger partial charge < -0.3 is 5.32 Å². The summed E-state index contributed by atoms with van der Waals surface area (Å²) in [5.41, 5.74) is 0.494. The molecule has 4 nitrogen and oxygen atoms in total. The number of thioether (sulfide) groups is 1. The Morgan fingerprint density at radius 2 is 2.38 bits per heavy atom. The van der Waals surface area contributed by atoms with Crippen molar-refractivity contribution >= 4 is 29.1 Å². The van der Waals surface area contributed by atoms with Gasteiger partial charge in [0, 0.05) is 5.69 Å². The first-order valence-corrected chi connectivity index (χ1v) is 5.74. The molecular formula is C9H8ClFN2O2S. The fraction of sp³-hybridized carbons (Fsp3) is 0.111. The van der Waals surface area contributed by atoms with Gasteiger partial charge in [-0.3, -0.25) is 10.1 Å². The second-order valence-corrected chi connectivity index (χ2v) is 3.99. The molecule has 1 rings (SSSR count). The zero-order chi connectivity index (χ0) is 12.1. The van der Waals surface area contributed by atoms with Crippen molar-refractivity contribution < 1.29 is 9.31 Å². The highest BCUT2D eigenvalue weighted by atomic mass is 35.5. The molecule has 0 heterocycles. The predicted molar refractivity (Wildman–Crippen MR) is 63.6 cm³/mol. The van der Waals surface area contributed by atoms with E-state index in [9.17, 15) is 14.5 Å². The molecule has 16 heavy (non-hydrogen) atoms. The molecule has 1 aromatic carbocycles. The van der Waals surface area contributed by atoms with Gasteiger partial charge in [0.15, 0.2) is 0 Å². The summed E-state index contributed by atoms with van der Waals surface area (Å²) in [6.07, 6.45) is 2.52. The molecular weight excluding hydrogens is 255 g/mol. The van der Waals surface area contributed by atoms with Crippen LogP contribution < -0.4 is 5.32 Å². The van der Waals surface area contributed by atoms with Gasteiger partial charge in [0.05, 0.1) is 9.95 Å². The summed E-state index contributed by atoms with van der Waals surface area (Å²) in [5, 5.41) is 13.3. The number of benzene rings is 1. The summed E-state index contributed by atoms with van der Waals surface area (Å²) < 4.78 is 12.8. The Bertz CT molecular complexity index is 440. The fourth-order valence-corrected chi connectivity index (χ4v) is 1.54. The van der Waals surface area contributed by atoms with Gasteiger partial charge in [-0.1, -0.05) is 11.6 Å². The molecule has 0 spiro atoms. The van der Waals surface area contributed by atoms with Crippen LogP contribution in [0.15, 0.2) is 29.4 Å². The Morgan fingerprint density at radius 3 is 2.88 bits per heavy atom. The van der Waals surface area contributed by atoms with E-state index in [1.165, 1.54) is 30.0 Å². The van der Waals surface area contributed by atoms with Gasteiger partial charge in [-0.15, -0.1) is 11.8 Å². The number of rotatable bonds is 4. The molecule has 1 aromatic rings. The lowest BCUT2D eigenvalue weighted by Crippen LogP contribution is -1.99. The van der Waals surface area contributed by atoms with E-state index in [2.05, 4.69) is 5.32 Å². The molecule has 1 N–H and O–H groups in total. The molecule has 0 aliphatic heterocycles. The van der Waals surface area contributed by atoms with E-state index in [0.717, 1.165) is 6.20 Å². The van der Waals surface area contributed by atoms with Crippen molar-refractivity contribution in [1.29, 1.82) is 0 Å². The third kappa shape index (κ3) is 3.71. The largest absolute Gasteiger partial charge is 0.345 e. The molecule has 7 heteroatoms. The van der Waals surface area contributed by atoms with Crippen molar-refractivity contribution in [1.82, 2.24) is 0 Å². The lowest BCUT2D eigenvalue weighted by Gasteiger charge is -2.06. The SMILES string of the molecule is CS/C(=C\[N+](=O)[O-])Nc1ccc(F)c(Cl)c1. The number of anilines is 1. The van der Waals surface area contributed by atoms with Crippen LogP contribution >= 0.6 is 23.4 Å². The maximum atomic E-state index is 12.8. The normalized spacial score (nSPS) is 11.3. The van der Waals surface area contributed by atoms with Crippen LogP contribution in [0.2, 0.25) is 5.02 Å². The first-order valence-electron chi connectivity index (χ1n) is 4.14. The smallest absolute Gasteiger partial charge is 0.264 e. The zero-order valence-corrected chi connectivity index (χ0v) is 9.81. The maximum absolute atomic E-state index is 12.8. The van der Waals surface area contributed by atoms with Crippen LogP contribution in [0.4, 0.5) is 10.1 Å². The summed E-state index contributed by atoms with van der Waals surface area (Å²) in [5.74, 6) is -0.531. The van der Waals surface area contributed by atoms with Crippen LogP contribution in [-0.4, -0.2) is 11.2 Å². The molecule has 0 fully saturated rings. The minimum Gasteiger partial charge on any atom is -0.345 e. The van der Waals surface area contributed by atoms with Crippen LogP contribution in [0.1, 0.15) is 0 Å².